The third kappa shape index (κ3) is 12.8. The summed E-state index contributed by atoms with van der Waals surface area (Å²) in [5.41, 5.74) is 4.42. The molecule has 0 aliphatic carbocycles. The average Bonchev–Trinajstić information content (AvgIpc) is 1.52. The van der Waals surface area contributed by atoms with Gasteiger partial charge in [0.2, 0.25) is 0 Å². The first-order valence-electron chi connectivity index (χ1n) is 35.3. The molecule has 0 saturated heterocycles. The number of ether oxygens (including phenoxy) is 2. The molecule has 0 bridgehead atoms. The van der Waals surface area contributed by atoms with Crippen LogP contribution in [-0.4, -0.2) is 54.5 Å². The van der Waals surface area contributed by atoms with Gasteiger partial charge >= 0.3 is 25.6 Å². The summed E-state index contributed by atoms with van der Waals surface area (Å²) in [7, 11) is 0. The summed E-state index contributed by atoms with van der Waals surface area (Å²) in [4.78, 5) is 48.9. The lowest BCUT2D eigenvalue weighted by Gasteiger charge is -2.24. The maximum Gasteiger partial charge on any atom is 0.349 e. The van der Waals surface area contributed by atoms with Crippen LogP contribution in [0.5, 0.6) is 11.5 Å². The smallest absolute Gasteiger partial charge is 0.349 e. The lowest BCUT2D eigenvalue weighted by atomic mass is 9.50. The van der Waals surface area contributed by atoms with E-state index in [1.165, 1.54) is 48.8 Å². The number of carbonyl (C=O) groups is 2. The van der Waals surface area contributed by atoms with Crippen molar-refractivity contribution in [1.82, 2.24) is 28.9 Å². The molecule has 16 rings (SSSR count). The minimum atomic E-state index is -1.97. The predicted octanol–water partition coefficient (Wildman–Crippen LogP) is 16.1. The Labute approximate surface area is 636 Å². The van der Waals surface area contributed by atoms with E-state index in [0.717, 1.165) is 43.0 Å². The Hall–Kier alpha value is -14.6. The molecule has 16 aromatic rings. The second-order valence-corrected chi connectivity index (χ2v) is 26.6. The van der Waals surface area contributed by atoms with Crippen molar-refractivity contribution in [3.8, 4) is 68.4 Å². The van der Waals surface area contributed by atoms with Gasteiger partial charge in [-0.2, -0.15) is 10.5 Å². The first-order valence-corrected chi connectivity index (χ1v) is 35.3. The van der Waals surface area contributed by atoms with Crippen LogP contribution in [0.25, 0.3) is 88.8 Å². The Balaban J connectivity index is 1.11. The van der Waals surface area contributed by atoms with Crippen molar-refractivity contribution in [3.05, 3.63) is 370 Å². The van der Waals surface area contributed by atoms with Crippen LogP contribution in [0.3, 0.4) is 0 Å². The normalized spacial score (nSPS) is 11.8. The Morgan fingerprint density at radius 1 is 0.348 bits per heavy atom. The molecule has 0 saturated carbocycles. The van der Waals surface area contributed by atoms with Crippen LogP contribution in [-0.2, 0) is 0 Å². The number of carbonyl (C=O) groups excluding carboxylic acids is 2. The molecule has 12 aromatic carbocycles. The van der Waals surface area contributed by atoms with Crippen LogP contribution in [0.2, 0.25) is 0 Å². The largest absolute Gasteiger partial charge is 0.423 e. The summed E-state index contributed by atoms with van der Waals surface area (Å²) >= 11 is 0. The summed E-state index contributed by atoms with van der Waals surface area (Å²) in [6, 6.07) is 85.2. The van der Waals surface area contributed by atoms with Crippen LogP contribution in [0.15, 0.2) is 279 Å². The highest BCUT2D eigenvalue weighted by Gasteiger charge is 2.39. The van der Waals surface area contributed by atoms with Gasteiger partial charge in [-0.15, -0.1) is 0 Å². The number of fused-ring (bicyclic) bond motifs is 3. The topological polar surface area (TPSA) is 162 Å². The molecule has 112 heavy (non-hydrogen) atoms. The summed E-state index contributed by atoms with van der Waals surface area (Å²) in [6.45, 7) is 1.04. The fraction of sp³-hybridized carbons (Fsp3) is 0.0330. The van der Waals surface area contributed by atoms with Crippen LogP contribution in [0, 0.1) is 84.2 Å². The molecule has 12 nitrogen and oxygen atoms in total. The molecule has 0 unspecified atom stereocenters. The fourth-order valence-electron chi connectivity index (χ4n) is 14.6. The fourth-order valence-corrected chi connectivity index (χ4v) is 14.6. The van der Waals surface area contributed by atoms with Gasteiger partial charge in [-0.05, 0) is 127 Å². The lowest BCUT2D eigenvalue weighted by molar-refractivity contribution is 0.0714. The summed E-state index contributed by atoms with van der Waals surface area (Å²) < 4.78 is 124. The average molecular weight is 1480 g/mol. The zero-order valence-corrected chi connectivity index (χ0v) is 59.6. The molecule has 0 spiro atoms. The standard InChI is InChI=1S/C91H55B2F7N8O4/c1-52-75(83(98)80(95)53(2)79(52)94)90(109)111-65-40-34-57(35-41-65)86-76-77(89(107(86)92(61-26-14-6-15-27-61)62-28-16-7-17-29-62)68(49-102)74-51-104-72-47-60(39-45-70(72)106-74)56-24-12-5-13-25-56)87(58-36-42-66(43-37-58)112-91(110)78-84(99)81(96)54(3)82(97)85(78)100)108(93(63-30-18-8-19-31-63)64-32-20-9-21-33-64)88(76)67(48-101)73-50-103-71-46-59(38-44-69(71)105-73)55-22-10-4-11-23-55/h4-47,50-51H,1-3H3/b88-67-,89-68-. The quantitative estimate of drug-likeness (QED) is 0.0299. The van der Waals surface area contributed by atoms with E-state index in [-0.39, 0.29) is 72.5 Å². The van der Waals surface area contributed by atoms with Crippen LogP contribution >= 0.6 is 0 Å². The second kappa shape index (κ2) is 29.9. The molecule has 0 radical (unpaired) electrons. The molecule has 0 amide bonds. The van der Waals surface area contributed by atoms with E-state index in [1.54, 1.807) is 12.1 Å². The molecule has 4 aromatic heterocycles. The van der Waals surface area contributed by atoms with Gasteiger partial charge < -0.3 is 18.4 Å². The molecule has 0 fully saturated rings. The monoisotopic (exact) mass is 1480 g/mol. The Morgan fingerprint density at radius 2 is 0.661 bits per heavy atom. The van der Waals surface area contributed by atoms with E-state index in [2.05, 4.69) is 12.1 Å². The minimum absolute atomic E-state index is 0.0681. The SMILES string of the molecule is Cc1c(F)c(C)c(C(=O)Oc2ccc(-c3c4/c(=C(\C#N)c5cnc6cc(-c7ccccc7)ccc6n5)n(B(c5ccccc5)c5ccccc5)c(-c5ccc(OC(=O)c6c(F)c(F)c(C)c(F)c6F)cc5)c4/c(=C(\C#N)c4cnc5cc(-c6ccccc6)ccc5n4)n3B(c3ccccc3)c3ccccc3)cc2)c(F)c1F. The minimum Gasteiger partial charge on any atom is -0.423 e. The number of esters is 2. The van der Waals surface area contributed by atoms with E-state index in [4.69, 9.17) is 29.4 Å². The molecule has 4 heterocycles. The maximum atomic E-state index is 15.9. The number of nitrogens with zero attached hydrogens (tertiary/aromatic N) is 8. The van der Waals surface area contributed by atoms with Gasteiger partial charge in [0.1, 0.15) is 63.1 Å². The molecule has 0 aliphatic heterocycles. The lowest BCUT2D eigenvalue weighted by Crippen LogP contribution is -2.54. The van der Waals surface area contributed by atoms with E-state index >= 15 is 30.7 Å². The third-order valence-electron chi connectivity index (χ3n) is 20.0. The van der Waals surface area contributed by atoms with E-state index in [1.807, 2.05) is 227 Å². The molecule has 538 valence electrons. The van der Waals surface area contributed by atoms with Crippen molar-refractivity contribution >= 4 is 91.5 Å². The number of benzene rings is 12. The van der Waals surface area contributed by atoms with Crippen LogP contribution in [0.1, 0.15) is 48.8 Å². The van der Waals surface area contributed by atoms with E-state index in [9.17, 15) is 20.1 Å². The zero-order valence-electron chi connectivity index (χ0n) is 59.6. The second-order valence-electron chi connectivity index (χ2n) is 26.6. The first kappa shape index (κ1) is 71.7. The molecule has 0 N–H and O–H groups in total. The van der Waals surface area contributed by atoms with Crippen LogP contribution in [0.4, 0.5) is 30.7 Å². The van der Waals surface area contributed by atoms with Crippen molar-refractivity contribution in [3.63, 3.8) is 0 Å². The van der Waals surface area contributed by atoms with Crippen LogP contribution < -0.4 is 42.0 Å². The van der Waals surface area contributed by atoms with Crippen molar-refractivity contribution in [2.24, 2.45) is 0 Å². The highest BCUT2D eigenvalue weighted by Crippen LogP contribution is 2.39. The van der Waals surface area contributed by atoms with Crippen molar-refractivity contribution in [2.75, 3.05) is 0 Å². The summed E-state index contributed by atoms with van der Waals surface area (Å²) in [6.07, 6.45) is 3.02. The van der Waals surface area contributed by atoms with Gasteiger partial charge in [-0.3, -0.25) is 9.97 Å². The molecular formula is C91H55B2F7N8O4. The van der Waals surface area contributed by atoms with Crippen molar-refractivity contribution in [2.45, 2.75) is 20.8 Å². The maximum absolute atomic E-state index is 15.9. The number of aromatic nitrogens is 6. The number of rotatable bonds is 16. The van der Waals surface area contributed by atoms with Crippen molar-refractivity contribution < 1.29 is 49.8 Å². The molecule has 0 aliphatic rings. The number of hydrogen-bond acceptors (Lipinski definition) is 10. The summed E-state index contributed by atoms with van der Waals surface area (Å²) in [5, 5.41) is 26.3. The highest BCUT2D eigenvalue weighted by molar-refractivity contribution is 6.85. The van der Waals surface area contributed by atoms with Crippen molar-refractivity contribution in [1.29, 1.82) is 10.5 Å². The van der Waals surface area contributed by atoms with E-state index < -0.39 is 94.2 Å². The van der Waals surface area contributed by atoms with Gasteiger partial charge in [0.05, 0.1) is 45.2 Å². The number of nitriles is 2. The number of hydrogen-bond donors (Lipinski definition) is 0. The van der Waals surface area contributed by atoms with Gasteiger partial charge in [-0.1, -0.05) is 216 Å². The molecule has 0 atom stereocenters. The Bertz CT molecular complexity index is 6150. The van der Waals surface area contributed by atoms with Gasteiger partial charge in [0.15, 0.2) is 34.9 Å². The third-order valence-corrected chi connectivity index (χ3v) is 20.0. The van der Waals surface area contributed by atoms with Gasteiger partial charge in [0, 0.05) is 38.9 Å². The Morgan fingerprint density at radius 3 is 1.01 bits per heavy atom. The Kier molecular flexibility index (Phi) is 19.1. The highest BCUT2D eigenvalue weighted by atomic mass is 19.2. The van der Waals surface area contributed by atoms with E-state index in [0.29, 0.717) is 49.5 Å². The summed E-state index contributed by atoms with van der Waals surface area (Å²) in [5.74, 6) is -15.5. The predicted molar refractivity (Wildman–Crippen MR) is 420 cm³/mol. The number of halogens is 7. The zero-order chi connectivity index (χ0) is 77.6. The van der Waals surface area contributed by atoms with Gasteiger partial charge in [0.25, 0.3) is 0 Å². The molecular weight excluding hydrogens is 1420 g/mol. The van der Waals surface area contributed by atoms with Gasteiger partial charge in [-0.25, -0.2) is 50.3 Å². The first-order chi connectivity index (χ1) is 54.5. The molecule has 21 heteroatoms.